The van der Waals surface area contributed by atoms with Crippen molar-refractivity contribution in [3.05, 3.63) is 34.9 Å². The minimum absolute atomic E-state index is 0.157. The summed E-state index contributed by atoms with van der Waals surface area (Å²) >= 11 is 6.25. The Kier molecular flexibility index (Phi) is 7.28. The van der Waals surface area contributed by atoms with Gasteiger partial charge in [-0.15, -0.1) is 0 Å². The summed E-state index contributed by atoms with van der Waals surface area (Å²) in [7, 11) is 0. The monoisotopic (exact) mass is 270 g/mol. The van der Waals surface area contributed by atoms with Gasteiger partial charge in [0, 0.05) is 30.8 Å². The van der Waals surface area contributed by atoms with Crippen LogP contribution >= 0.6 is 11.6 Å². The lowest BCUT2D eigenvalue weighted by Crippen LogP contribution is -2.36. The lowest BCUT2D eigenvalue weighted by molar-refractivity contribution is 0.0981. The summed E-state index contributed by atoms with van der Waals surface area (Å²) < 4.78 is 5.41. The molecule has 0 saturated carbocycles. The molecule has 3 nitrogen and oxygen atoms in total. The standard InChI is InChI=1S/C14H23ClN2O/c1-3-17(9-10-18-4-2)14(11-16)12-7-5-6-8-13(12)15/h5-8,14H,3-4,9-11,16H2,1-2H3. The SMILES string of the molecule is CCOCCN(CC)C(CN)c1ccccc1Cl. The molecule has 0 spiro atoms. The van der Waals surface area contributed by atoms with Gasteiger partial charge in [-0.2, -0.15) is 0 Å². The van der Waals surface area contributed by atoms with Crippen LogP contribution in [0, 0.1) is 0 Å². The van der Waals surface area contributed by atoms with Crippen molar-refractivity contribution in [3.8, 4) is 0 Å². The molecule has 0 amide bonds. The molecule has 0 aliphatic heterocycles. The lowest BCUT2D eigenvalue weighted by Gasteiger charge is -2.30. The first-order chi connectivity index (χ1) is 8.74. The van der Waals surface area contributed by atoms with E-state index in [0.29, 0.717) is 6.54 Å². The third-order valence-electron chi connectivity index (χ3n) is 3.06. The molecule has 1 aromatic rings. The molecule has 102 valence electrons. The fourth-order valence-corrected chi connectivity index (χ4v) is 2.34. The van der Waals surface area contributed by atoms with Crippen LogP contribution in [0.25, 0.3) is 0 Å². The molecule has 0 radical (unpaired) electrons. The number of hydrogen-bond acceptors (Lipinski definition) is 3. The van der Waals surface area contributed by atoms with Gasteiger partial charge in [-0.05, 0) is 25.1 Å². The summed E-state index contributed by atoms with van der Waals surface area (Å²) in [5, 5.41) is 0.780. The molecule has 0 saturated heterocycles. The molecule has 0 bridgehead atoms. The Balaban J connectivity index is 2.76. The Morgan fingerprint density at radius 3 is 2.61 bits per heavy atom. The Labute approximate surface area is 115 Å². The first kappa shape index (κ1) is 15.4. The van der Waals surface area contributed by atoms with Crippen LogP contribution in [-0.4, -0.2) is 37.7 Å². The highest BCUT2D eigenvalue weighted by molar-refractivity contribution is 6.31. The predicted molar refractivity (Wildman–Crippen MR) is 77.0 cm³/mol. The third kappa shape index (κ3) is 4.25. The minimum atomic E-state index is 0.157. The number of halogens is 1. The van der Waals surface area contributed by atoms with Gasteiger partial charge >= 0.3 is 0 Å². The topological polar surface area (TPSA) is 38.5 Å². The number of rotatable bonds is 8. The number of likely N-dealkylation sites (N-methyl/N-ethyl adjacent to an activating group) is 1. The quantitative estimate of drug-likeness (QED) is 0.738. The van der Waals surface area contributed by atoms with Gasteiger partial charge in [0.1, 0.15) is 0 Å². The Hall–Kier alpha value is -0.610. The van der Waals surface area contributed by atoms with Crippen LogP contribution in [0.4, 0.5) is 0 Å². The van der Waals surface area contributed by atoms with Crippen molar-refractivity contribution in [1.82, 2.24) is 4.90 Å². The molecule has 4 heteroatoms. The largest absolute Gasteiger partial charge is 0.380 e. The van der Waals surface area contributed by atoms with E-state index in [1.54, 1.807) is 0 Å². The molecule has 0 aliphatic rings. The zero-order chi connectivity index (χ0) is 13.4. The zero-order valence-corrected chi connectivity index (χ0v) is 12.0. The minimum Gasteiger partial charge on any atom is -0.380 e. The van der Waals surface area contributed by atoms with Crippen molar-refractivity contribution in [2.45, 2.75) is 19.9 Å². The van der Waals surface area contributed by atoms with Crippen LogP contribution in [-0.2, 0) is 4.74 Å². The number of benzene rings is 1. The van der Waals surface area contributed by atoms with Crippen LogP contribution in [0.5, 0.6) is 0 Å². The van der Waals surface area contributed by atoms with Crippen molar-refractivity contribution in [2.24, 2.45) is 5.73 Å². The number of ether oxygens (including phenoxy) is 1. The van der Waals surface area contributed by atoms with Gasteiger partial charge in [0.15, 0.2) is 0 Å². The average molecular weight is 271 g/mol. The van der Waals surface area contributed by atoms with E-state index in [9.17, 15) is 0 Å². The Bertz CT molecular complexity index is 346. The van der Waals surface area contributed by atoms with Crippen LogP contribution < -0.4 is 5.73 Å². The van der Waals surface area contributed by atoms with E-state index in [1.165, 1.54) is 0 Å². The van der Waals surface area contributed by atoms with Crippen LogP contribution in [0.15, 0.2) is 24.3 Å². The molecule has 1 rings (SSSR count). The Morgan fingerprint density at radius 2 is 2.06 bits per heavy atom. The maximum atomic E-state index is 6.25. The van der Waals surface area contributed by atoms with Gasteiger partial charge in [0.05, 0.1) is 6.61 Å². The van der Waals surface area contributed by atoms with E-state index < -0.39 is 0 Å². The molecule has 18 heavy (non-hydrogen) atoms. The van der Waals surface area contributed by atoms with Gasteiger partial charge in [0.2, 0.25) is 0 Å². The molecule has 0 aromatic heterocycles. The van der Waals surface area contributed by atoms with Crippen molar-refractivity contribution in [2.75, 3.05) is 32.8 Å². The highest BCUT2D eigenvalue weighted by atomic mass is 35.5. The summed E-state index contributed by atoms with van der Waals surface area (Å²) in [6.07, 6.45) is 0. The maximum Gasteiger partial charge on any atom is 0.0593 e. The lowest BCUT2D eigenvalue weighted by atomic mass is 10.1. The second-order valence-corrected chi connectivity index (χ2v) is 4.51. The van der Waals surface area contributed by atoms with Crippen LogP contribution in [0.2, 0.25) is 5.02 Å². The second-order valence-electron chi connectivity index (χ2n) is 4.10. The van der Waals surface area contributed by atoms with Gasteiger partial charge in [-0.3, -0.25) is 4.90 Å². The molecular weight excluding hydrogens is 248 g/mol. The van der Waals surface area contributed by atoms with Crippen LogP contribution in [0.3, 0.4) is 0 Å². The fourth-order valence-electron chi connectivity index (χ4n) is 2.08. The van der Waals surface area contributed by atoms with Crippen molar-refractivity contribution in [3.63, 3.8) is 0 Å². The summed E-state index contributed by atoms with van der Waals surface area (Å²) in [4.78, 5) is 2.30. The number of nitrogens with zero attached hydrogens (tertiary/aromatic N) is 1. The van der Waals surface area contributed by atoms with E-state index in [2.05, 4.69) is 11.8 Å². The second kappa shape index (κ2) is 8.48. The van der Waals surface area contributed by atoms with Crippen LogP contribution in [0.1, 0.15) is 25.5 Å². The van der Waals surface area contributed by atoms with Gasteiger partial charge < -0.3 is 10.5 Å². The normalized spacial score (nSPS) is 12.9. The Morgan fingerprint density at radius 1 is 1.33 bits per heavy atom. The van der Waals surface area contributed by atoms with Gasteiger partial charge in [-0.25, -0.2) is 0 Å². The zero-order valence-electron chi connectivity index (χ0n) is 11.2. The summed E-state index contributed by atoms with van der Waals surface area (Å²) in [5.41, 5.74) is 7.01. The number of hydrogen-bond donors (Lipinski definition) is 1. The fraction of sp³-hybridized carbons (Fsp3) is 0.571. The van der Waals surface area contributed by atoms with Crippen molar-refractivity contribution in [1.29, 1.82) is 0 Å². The van der Waals surface area contributed by atoms with E-state index >= 15 is 0 Å². The smallest absolute Gasteiger partial charge is 0.0593 e. The molecule has 1 unspecified atom stereocenters. The maximum absolute atomic E-state index is 6.25. The van der Waals surface area contributed by atoms with E-state index in [-0.39, 0.29) is 6.04 Å². The first-order valence-electron chi connectivity index (χ1n) is 6.50. The molecule has 2 N–H and O–H groups in total. The van der Waals surface area contributed by atoms with E-state index in [0.717, 1.165) is 36.9 Å². The van der Waals surface area contributed by atoms with Crippen molar-refractivity contribution < 1.29 is 4.74 Å². The van der Waals surface area contributed by atoms with Crippen molar-refractivity contribution >= 4 is 11.6 Å². The summed E-state index contributed by atoms with van der Waals surface area (Å²) in [6, 6.07) is 8.05. The molecule has 1 aromatic carbocycles. The average Bonchev–Trinajstić information content (AvgIpc) is 2.39. The van der Waals surface area contributed by atoms with E-state index in [4.69, 9.17) is 22.1 Å². The molecule has 0 heterocycles. The van der Waals surface area contributed by atoms with Gasteiger partial charge in [0.25, 0.3) is 0 Å². The highest BCUT2D eigenvalue weighted by Gasteiger charge is 2.19. The first-order valence-corrected chi connectivity index (χ1v) is 6.88. The molecular formula is C14H23ClN2O. The molecule has 0 aliphatic carbocycles. The van der Waals surface area contributed by atoms with E-state index in [1.807, 2.05) is 31.2 Å². The molecule has 1 atom stereocenters. The summed E-state index contributed by atoms with van der Waals surface area (Å²) in [6.45, 7) is 7.97. The third-order valence-corrected chi connectivity index (χ3v) is 3.41. The molecule has 0 fully saturated rings. The van der Waals surface area contributed by atoms with Gasteiger partial charge in [-0.1, -0.05) is 36.7 Å². The highest BCUT2D eigenvalue weighted by Crippen LogP contribution is 2.26. The number of nitrogens with two attached hydrogens (primary N) is 1. The summed E-state index contributed by atoms with van der Waals surface area (Å²) in [5.74, 6) is 0. The predicted octanol–water partition coefficient (Wildman–Crippen LogP) is 2.70.